The minimum atomic E-state index is -0.403. The molecule has 7 heteroatoms. The van der Waals surface area contributed by atoms with E-state index in [-0.39, 0.29) is 0 Å². The van der Waals surface area contributed by atoms with Crippen LogP contribution in [0, 0.1) is 6.92 Å². The summed E-state index contributed by atoms with van der Waals surface area (Å²) in [6.07, 6.45) is 4.79. The first kappa shape index (κ1) is 13.0. The fourth-order valence-electron chi connectivity index (χ4n) is 1.52. The van der Waals surface area contributed by atoms with Crippen LogP contribution in [-0.4, -0.2) is 32.5 Å². The summed E-state index contributed by atoms with van der Waals surface area (Å²) in [5, 5.41) is 3.04. The summed E-state index contributed by atoms with van der Waals surface area (Å²) in [5.74, 6) is 0.0558. The predicted molar refractivity (Wildman–Crippen MR) is 68.6 cm³/mol. The van der Waals surface area contributed by atoms with Crippen LogP contribution in [-0.2, 0) is 11.3 Å². The largest absolute Gasteiger partial charge is 0.462 e. The number of anilines is 1. The summed E-state index contributed by atoms with van der Waals surface area (Å²) in [6.45, 7) is 4.38. The molecular formula is C12H15N5O2. The van der Waals surface area contributed by atoms with E-state index in [9.17, 15) is 4.79 Å². The SMILES string of the molecule is CCOC(=O)c1cnc(NCc2cnc[nH]2)nc1C. The number of carbonyl (C=O) groups is 1. The number of hydrogen-bond donors (Lipinski definition) is 2. The second-order valence-electron chi connectivity index (χ2n) is 3.84. The smallest absolute Gasteiger partial charge is 0.341 e. The Labute approximate surface area is 110 Å². The van der Waals surface area contributed by atoms with E-state index in [1.807, 2.05) is 0 Å². The molecule has 0 fully saturated rings. The molecule has 0 spiro atoms. The summed E-state index contributed by atoms with van der Waals surface area (Å²) in [6, 6.07) is 0. The van der Waals surface area contributed by atoms with Gasteiger partial charge in [0.2, 0.25) is 5.95 Å². The highest BCUT2D eigenvalue weighted by Crippen LogP contribution is 2.09. The minimum Gasteiger partial charge on any atom is -0.462 e. The van der Waals surface area contributed by atoms with Gasteiger partial charge in [-0.1, -0.05) is 0 Å². The summed E-state index contributed by atoms with van der Waals surface area (Å²) in [5.41, 5.74) is 1.89. The normalized spacial score (nSPS) is 10.2. The molecule has 0 amide bonds. The Morgan fingerprint density at radius 1 is 1.47 bits per heavy atom. The van der Waals surface area contributed by atoms with E-state index >= 15 is 0 Å². The summed E-state index contributed by atoms with van der Waals surface area (Å²) in [4.78, 5) is 26.8. The first-order valence-corrected chi connectivity index (χ1v) is 5.92. The van der Waals surface area contributed by atoms with Crippen molar-refractivity contribution in [3.05, 3.63) is 35.7 Å². The first-order valence-electron chi connectivity index (χ1n) is 5.92. The van der Waals surface area contributed by atoms with Crippen LogP contribution in [0.3, 0.4) is 0 Å². The highest BCUT2D eigenvalue weighted by molar-refractivity contribution is 5.90. The molecule has 0 unspecified atom stereocenters. The molecule has 2 aromatic rings. The van der Waals surface area contributed by atoms with Crippen molar-refractivity contribution in [2.45, 2.75) is 20.4 Å². The second kappa shape index (κ2) is 5.94. The third-order valence-corrected chi connectivity index (χ3v) is 2.47. The zero-order valence-electron chi connectivity index (χ0n) is 10.8. The first-order chi connectivity index (χ1) is 9.20. The van der Waals surface area contributed by atoms with Crippen LogP contribution in [0.25, 0.3) is 0 Å². The number of ether oxygens (including phenoxy) is 1. The molecular weight excluding hydrogens is 246 g/mol. The number of esters is 1. The fraction of sp³-hybridized carbons (Fsp3) is 0.333. The molecule has 0 aliphatic heterocycles. The number of imidazole rings is 1. The van der Waals surface area contributed by atoms with Crippen LogP contribution in [0.4, 0.5) is 5.95 Å². The Balaban J connectivity index is 2.04. The van der Waals surface area contributed by atoms with Crippen molar-refractivity contribution in [1.82, 2.24) is 19.9 Å². The molecule has 0 atom stereocenters. The van der Waals surface area contributed by atoms with Gasteiger partial charge in [-0.25, -0.2) is 19.7 Å². The quantitative estimate of drug-likeness (QED) is 0.788. The molecule has 7 nitrogen and oxygen atoms in total. The molecule has 19 heavy (non-hydrogen) atoms. The lowest BCUT2D eigenvalue weighted by Crippen LogP contribution is -2.11. The maximum atomic E-state index is 11.6. The Kier molecular flexibility index (Phi) is 4.07. The average Bonchev–Trinajstić information content (AvgIpc) is 2.89. The molecule has 0 aromatic carbocycles. The molecule has 0 saturated carbocycles. The van der Waals surface area contributed by atoms with Gasteiger partial charge in [-0.15, -0.1) is 0 Å². The highest BCUT2D eigenvalue weighted by Gasteiger charge is 2.12. The molecule has 0 bridgehead atoms. The average molecular weight is 261 g/mol. The van der Waals surface area contributed by atoms with Crippen molar-refractivity contribution >= 4 is 11.9 Å². The van der Waals surface area contributed by atoms with Gasteiger partial charge in [-0.05, 0) is 13.8 Å². The Morgan fingerprint density at radius 2 is 2.32 bits per heavy atom. The third kappa shape index (κ3) is 3.27. The van der Waals surface area contributed by atoms with E-state index in [4.69, 9.17) is 4.74 Å². The maximum Gasteiger partial charge on any atom is 0.341 e. The van der Waals surface area contributed by atoms with E-state index in [0.717, 1.165) is 5.69 Å². The summed E-state index contributed by atoms with van der Waals surface area (Å²) < 4.78 is 4.91. The van der Waals surface area contributed by atoms with Crippen LogP contribution in [0.2, 0.25) is 0 Å². The van der Waals surface area contributed by atoms with Crippen LogP contribution < -0.4 is 5.32 Å². The lowest BCUT2D eigenvalue weighted by molar-refractivity contribution is 0.0524. The van der Waals surface area contributed by atoms with Crippen molar-refractivity contribution in [2.75, 3.05) is 11.9 Å². The van der Waals surface area contributed by atoms with Gasteiger partial charge in [-0.3, -0.25) is 0 Å². The van der Waals surface area contributed by atoms with Gasteiger partial charge >= 0.3 is 5.97 Å². The standard InChI is InChI=1S/C12H15N5O2/c1-3-19-11(18)10-6-15-12(17-8(10)2)14-5-9-4-13-7-16-9/h4,6-7H,3,5H2,1-2H3,(H,13,16)(H,14,15,17). The molecule has 0 aliphatic carbocycles. The zero-order valence-corrected chi connectivity index (χ0v) is 10.8. The molecule has 2 rings (SSSR count). The van der Waals surface area contributed by atoms with E-state index in [0.29, 0.717) is 30.4 Å². The van der Waals surface area contributed by atoms with Gasteiger partial charge in [0.25, 0.3) is 0 Å². The number of carbonyl (C=O) groups excluding carboxylic acids is 1. The van der Waals surface area contributed by atoms with Crippen LogP contribution in [0.15, 0.2) is 18.7 Å². The minimum absolute atomic E-state index is 0.331. The van der Waals surface area contributed by atoms with E-state index in [1.165, 1.54) is 6.20 Å². The van der Waals surface area contributed by atoms with Gasteiger partial charge in [0.05, 0.1) is 36.4 Å². The number of hydrogen-bond acceptors (Lipinski definition) is 6. The van der Waals surface area contributed by atoms with Crippen molar-refractivity contribution in [3.63, 3.8) is 0 Å². The van der Waals surface area contributed by atoms with Crippen LogP contribution in [0.1, 0.15) is 28.7 Å². The van der Waals surface area contributed by atoms with E-state index in [2.05, 4.69) is 25.3 Å². The topological polar surface area (TPSA) is 92.8 Å². The number of aromatic amines is 1. The second-order valence-corrected chi connectivity index (χ2v) is 3.84. The maximum absolute atomic E-state index is 11.6. The summed E-state index contributed by atoms with van der Waals surface area (Å²) >= 11 is 0. The van der Waals surface area contributed by atoms with E-state index in [1.54, 1.807) is 26.4 Å². The number of aromatic nitrogens is 4. The van der Waals surface area contributed by atoms with Crippen molar-refractivity contribution in [1.29, 1.82) is 0 Å². The van der Waals surface area contributed by atoms with Gasteiger partial charge in [0.15, 0.2) is 0 Å². The zero-order chi connectivity index (χ0) is 13.7. The van der Waals surface area contributed by atoms with Crippen LogP contribution >= 0.6 is 0 Å². The lowest BCUT2D eigenvalue weighted by atomic mass is 10.2. The highest BCUT2D eigenvalue weighted by atomic mass is 16.5. The number of nitrogens with one attached hydrogen (secondary N) is 2. The number of aryl methyl sites for hydroxylation is 1. The molecule has 0 aliphatic rings. The monoisotopic (exact) mass is 261 g/mol. The van der Waals surface area contributed by atoms with Crippen molar-refractivity contribution in [2.24, 2.45) is 0 Å². The van der Waals surface area contributed by atoms with Gasteiger partial charge < -0.3 is 15.0 Å². The molecule has 2 heterocycles. The fourth-order valence-corrected chi connectivity index (χ4v) is 1.52. The van der Waals surface area contributed by atoms with Crippen molar-refractivity contribution in [3.8, 4) is 0 Å². The lowest BCUT2D eigenvalue weighted by Gasteiger charge is -2.07. The Bertz CT molecular complexity index is 553. The van der Waals surface area contributed by atoms with Gasteiger partial charge in [0.1, 0.15) is 0 Å². The Morgan fingerprint density at radius 3 is 2.95 bits per heavy atom. The molecule has 100 valence electrons. The van der Waals surface area contributed by atoms with Crippen LogP contribution in [0.5, 0.6) is 0 Å². The molecule has 2 N–H and O–H groups in total. The van der Waals surface area contributed by atoms with E-state index < -0.39 is 5.97 Å². The number of H-pyrrole nitrogens is 1. The van der Waals surface area contributed by atoms with Gasteiger partial charge in [-0.2, -0.15) is 0 Å². The Hall–Kier alpha value is -2.44. The number of rotatable bonds is 5. The number of nitrogens with zero attached hydrogens (tertiary/aromatic N) is 3. The molecule has 0 radical (unpaired) electrons. The molecule has 2 aromatic heterocycles. The third-order valence-electron chi connectivity index (χ3n) is 2.47. The van der Waals surface area contributed by atoms with Gasteiger partial charge in [0, 0.05) is 12.4 Å². The summed E-state index contributed by atoms with van der Waals surface area (Å²) in [7, 11) is 0. The molecule has 0 saturated heterocycles. The predicted octanol–water partition coefficient (Wildman–Crippen LogP) is 1.30. The van der Waals surface area contributed by atoms with Crippen molar-refractivity contribution < 1.29 is 9.53 Å².